The molecular formula is C8H9N5. The Morgan fingerprint density at radius 1 is 1.46 bits per heavy atom. The molecule has 0 bridgehead atoms. The summed E-state index contributed by atoms with van der Waals surface area (Å²) in [6.45, 7) is 1.94. The molecule has 0 saturated carbocycles. The highest BCUT2D eigenvalue weighted by Gasteiger charge is 2.02. The van der Waals surface area contributed by atoms with E-state index >= 15 is 0 Å². The fourth-order valence-corrected chi connectivity index (χ4v) is 1.09. The zero-order valence-corrected chi connectivity index (χ0v) is 7.18. The second-order valence-electron chi connectivity index (χ2n) is 2.77. The molecule has 66 valence electrons. The van der Waals surface area contributed by atoms with Crippen LogP contribution in [0.2, 0.25) is 0 Å². The Balaban J connectivity index is 2.53. The minimum Gasteiger partial charge on any atom is -0.396 e. The molecule has 5 heteroatoms. The maximum absolute atomic E-state index is 5.76. The standard InChI is InChI=1S/C8H9N5/c1-6-2-7(9)8(11-3-6)13-5-10-4-12-13/h2-5H,9H2,1H3. The highest BCUT2D eigenvalue weighted by molar-refractivity contribution is 5.53. The fraction of sp³-hybridized carbons (Fsp3) is 0.125. The van der Waals surface area contributed by atoms with Crippen molar-refractivity contribution in [3.05, 3.63) is 30.5 Å². The zero-order valence-electron chi connectivity index (χ0n) is 7.18. The number of nitrogens with zero attached hydrogens (tertiary/aromatic N) is 4. The summed E-state index contributed by atoms with van der Waals surface area (Å²) in [6.07, 6.45) is 4.75. The third kappa shape index (κ3) is 1.35. The van der Waals surface area contributed by atoms with Crippen LogP contribution in [0.5, 0.6) is 0 Å². The van der Waals surface area contributed by atoms with Crippen molar-refractivity contribution in [3.8, 4) is 5.82 Å². The van der Waals surface area contributed by atoms with Gasteiger partial charge in [0.15, 0.2) is 5.82 Å². The normalized spacial score (nSPS) is 10.2. The molecule has 5 nitrogen and oxygen atoms in total. The molecule has 0 atom stereocenters. The van der Waals surface area contributed by atoms with E-state index in [1.165, 1.54) is 11.0 Å². The molecule has 2 rings (SSSR count). The molecule has 13 heavy (non-hydrogen) atoms. The first-order valence-corrected chi connectivity index (χ1v) is 3.84. The number of nitrogen functional groups attached to an aromatic ring is 1. The van der Waals surface area contributed by atoms with Crippen LogP contribution < -0.4 is 5.73 Å². The van der Waals surface area contributed by atoms with Gasteiger partial charge in [-0.25, -0.2) is 14.6 Å². The predicted molar refractivity (Wildman–Crippen MR) is 48.3 cm³/mol. The number of hydrogen-bond donors (Lipinski definition) is 1. The molecule has 0 aliphatic rings. The number of anilines is 1. The molecule has 2 aromatic heterocycles. The maximum Gasteiger partial charge on any atom is 0.178 e. The van der Waals surface area contributed by atoms with Crippen molar-refractivity contribution in [3.63, 3.8) is 0 Å². The highest BCUT2D eigenvalue weighted by atomic mass is 15.3. The molecule has 0 aromatic carbocycles. The Kier molecular flexibility index (Phi) is 1.70. The Morgan fingerprint density at radius 2 is 2.31 bits per heavy atom. The van der Waals surface area contributed by atoms with Gasteiger partial charge in [0, 0.05) is 6.20 Å². The molecule has 0 unspecified atom stereocenters. The van der Waals surface area contributed by atoms with Gasteiger partial charge in [0.25, 0.3) is 0 Å². The van der Waals surface area contributed by atoms with Gasteiger partial charge in [0.1, 0.15) is 12.7 Å². The van der Waals surface area contributed by atoms with E-state index in [1.54, 1.807) is 12.5 Å². The number of rotatable bonds is 1. The maximum atomic E-state index is 5.76. The number of aromatic nitrogens is 4. The summed E-state index contributed by atoms with van der Waals surface area (Å²) in [6, 6.07) is 1.85. The third-order valence-corrected chi connectivity index (χ3v) is 1.67. The van der Waals surface area contributed by atoms with E-state index in [2.05, 4.69) is 15.1 Å². The lowest BCUT2D eigenvalue weighted by atomic mass is 10.3. The third-order valence-electron chi connectivity index (χ3n) is 1.67. The smallest absolute Gasteiger partial charge is 0.178 e. The first-order valence-electron chi connectivity index (χ1n) is 3.84. The van der Waals surface area contributed by atoms with E-state index in [0.29, 0.717) is 11.5 Å². The van der Waals surface area contributed by atoms with Gasteiger partial charge in [-0.3, -0.25) is 0 Å². The second kappa shape index (κ2) is 2.85. The summed E-state index contributed by atoms with van der Waals surface area (Å²) in [5.74, 6) is 0.614. The van der Waals surface area contributed by atoms with Gasteiger partial charge in [0.05, 0.1) is 5.69 Å². The molecule has 2 aromatic rings. The van der Waals surface area contributed by atoms with Crippen LogP contribution in [0.1, 0.15) is 5.56 Å². The van der Waals surface area contributed by atoms with Crippen LogP contribution in [0.15, 0.2) is 24.9 Å². The van der Waals surface area contributed by atoms with E-state index < -0.39 is 0 Å². The molecule has 0 radical (unpaired) electrons. The van der Waals surface area contributed by atoms with E-state index in [-0.39, 0.29) is 0 Å². The van der Waals surface area contributed by atoms with Gasteiger partial charge in [-0.05, 0) is 18.6 Å². The highest BCUT2D eigenvalue weighted by Crippen LogP contribution is 2.13. The van der Waals surface area contributed by atoms with Crippen molar-refractivity contribution in [2.45, 2.75) is 6.92 Å². The van der Waals surface area contributed by atoms with Crippen LogP contribution in [0.4, 0.5) is 5.69 Å². The Bertz CT molecular complexity index is 406. The summed E-state index contributed by atoms with van der Waals surface area (Å²) >= 11 is 0. The summed E-state index contributed by atoms with van der Waals surface area (Å²) < 4.78 is 1.54. The fourth-order valence-electron chi connectivity index (χ4n) is 1.09. The van der Waals surface area contributed by atoms with E-state index in [0.717, 1.165) is 5.56 Å². The molecular weight excluding hydrogens is 166 g/mol. The van der Waals surface area contributed by atoms with E-state index in [9.17, 15) is 0 Å². The van der Waals surface area contributed by atoms with Crippen molar-refractivity contribution in [2.75, 3.05) is 5.73 Å². The van der Waals surface area contributed by atoms with Crippen molar-refractivity contribution in [2.24, 2.45) is 0 Å². The zero-order chi connectivity index (χ0) is 9.26. The molecule has 0 amide bonds. The van der Waals surface area contributed by atoms with Crippen LogP contribution in [0.25, 0.3) is 5.82 Å². The first-order chi connectivity index (χ1) is 6.27. The Morgan fingerprint density at radius 3 is 2.92 bits per heavy atom. The molecule has 2 N–H and O–H groups in total. The first kappa shape index (κ1) is 7.72. The predicted octanol–water partition coefficient (Wildman–Crippen LogP) is 0.553. The summed E-state index contributed by atoms with van der Waals surface area (Å²) in [7, 11) is 0. The van der Waals surface area contributed by atoms with Gasteiger partial charge < -0.3 is 5.73 Å². The van der Waals surface area contributed by atoms with Gasteiger partial charge in [-0.2, -0.15) is 5.10 Å². The second-order valence-corrected chi connectivity index (χ2v) is 2.77. The average Bonchev–Trinajstić information content (AvgIpc) is 2.56. The number of aryl methyl sites for hydroxylation is 1. The van der Waals surface area contributed by atoms with Crippen LogP contribution in [-0.2, 0) is 0 Å². The molecule has 0 aliphatic heterocycles. The molecule has 2 heterocycles. The monoisotopic (exact) mass is 175 g/mol. The van der Waals surface area contributed by atoms with Gasteiger partial charge >= 0.3 is 0 Å². The average molecular weight is 175 g/mol. The number of pyridine rings is 1. The number of nitrogens with two attached hydrogens (primary N) is 1. The van der Waals surface area contributed by atoms with Gasteiger partial charge in [-0.15, -0.1) is 0 Å². The van der Waals surface area contributed by atoms with Gasteiger partial charge in [-0.1, -0.05) is 0 Å². The van der Waals surface area contributed by atoms with Crippen molar-refractivity contribution < 1.29 is 0 Å². The summed E-state index contributed by atoms with van der Waals surface area (Å²) in [4.78, 5) is 7.97. The molecule has 0 saturated heterocycles. The molecule has 0 fully saturated rings. The molecule has 0 aliphatic carbocycles. The Hall–Kier alpha value is -1.91. The van der Waals surface area contributed by atoms with Gasteiger partial charge in [0.2, 0.25) is 0 Å². The van der Waals surface area contributed by atoms with Crippen molar-refractivity contribution in [1.29, 1.82) is 0 Å². The topological polar surface area (TPSA) is 69.6 Å². The minimum atomic E-state index is 0.602. The van der Waals surface area contributed by atoms with Crippen LogP contribution in [-0.4, -0.2) is 19.7 Å². The van der Waals surface area contributed by atoms with Crippen LogP contribution in [0.3, 0.4) is 0 Å². The lowest BCUT2D eigenvalue weighted by molar-refractivity contribution is 0.847. The van der Waals surface area contributed by atoms with E-state index in [4.69, 9.17) is 5.73 Å². The lowest BCUT2D eigenvalue weighted by Gasteiger charge is -2.03. The van der Waals surface area contributed by atoms with Crippen molar-refractivity contribution in [1.82, 2.24) is 19.7 Å². The minimum absolute atomic E-state index is 0.602. The Labute approximate surface area is 75.2 Å². The van der Waals surface area contributed by atoms with Crippen molar-refractivity contribution >= 4 is 5.69 Å². The van der Waals surface area contributed by atoms with E-state index in [1.807, 2.05) is 13.0 Å². The summed E-state index contributed by atoms with van der Waals surface area (Å²) in [5, 5.41) is 3.94. The molecule has 0 spiro atoms. The number of hydrogen-bond acceptors (Lipinski definition) is 4. The summed E-state index contributed by atoms with van der Waals surface area (Å²) in [5.41, 5.74) is 7.39. The van der Waals surface area contributed by atoms with Crippen LogP contribution >= 0.6 is 0 Å². The van der Waals surface area contributed by atoms with Crippen LogP contribution in [0, 0.1) is 6.92 Å². The SMILES string of the molecule is Cc1cnc(-n2cncn2)c(N)c1. The lowest BCUT2D eigenvalue weighted by Crippen LogP contribution is -2.03. The largest absolute Gasteiger partial charge is 0.396 e. The quantitative estimate of drug-likeness (QED) is 0.687.